The Morgan fingerprint density at radius 3 is 2.41 bits per heavy atom. The minimum absolute atomic E-state index is 0.145. The van der Waals surface area contributed by atoms with Crippen LogP contribution in [0.1, 0.15) is 42.1 Å². The van der Waals surface area contributed by atoms with Crippen molar-refractivity contribution in [2.75, 3.05) is 32.1 Å². The van der Waals surface area contributed by atoms with Crippen LogP contribution in [0, 0.1) is 5.82 Å². The highest BCUT2D eigenvalue weighted by Crippen LogP contribution is 2.38. The fourth-order valence-electron chi connectivity index (χ4n) is 4.03. The summed E-state index contributed by atoms with van der Waals surface area (Å²) in [6.07, 6.45) is 5.22. The Bertz CT molecular complexity index is 957. The number of benzene rings is 1. The van der Waals surface area contributed by atoms with Crippen molar-refractivity contribution in [3.8, 4) is 0 Å². The predicted octanol–water partition coefficient (Wildman–Crippen LogP) is 2.70. The van der Waals surface area contributed by atoms with Crippen LogP contribution in [0.2, 0.25) is 0 Å². The smallest absolute Gasteiger partial charge is 0.341 e. The third-order valence-corrected chi connectivity index (χ3v) is 5.81. The van der Waals surface area contributed by atoms with E-state index in [4.69, 9.17) is 0 Å². The maximum Gasteiger partial charge on any atom is 0.341 e. The maximum atomic E-state index is 14.9. The minimum Gasteiger partial charge on any atom is -0.477 e. The van der Waals surface area contributed by atoms with Gasteiger partial charge in [0.25, 0.3) is 0 Å². The Morgan fingerprint density at radius 1 is 1.19 bits per heavy atom. The molecule has 2 aliphatic rings. The van der Waals surface area contributed by atoms with Crippen LogP contribution < -0.4 is 10.3 Å². The second kappa shape index (κ2) is 6.64. The van der Waals surface area contributed by atoms with Crippen LogP contribution in [0.5, 0.6) is 0 Å². The second-order valence-corrected chi connectivity index (χ2v) is 7.82. The van der Waals surface area contributed by atoms with Gasteiger partial charge >= 0.3 is 5.97 Å². The number of nitrogens with zero attached hydrogens (tertiary/aromatic N) is 3. The van der Waals surface area contributed by atoms with Crippen molar-refractivity contribution in [3.63, 3.8) is 0 Å². The molecule has 6 nitrogen and oxygen atoms in total. The Kier molecular flexibility index (Phi) is 4.42. The summed E-state index contributed by atoms with van der Waals surface area (Å²) in [5.74, 6) is -1.74. The molecule has 7 heteroatoms. The summed E-state index contributed by atoms with van der Waals surface area (Å²) in [6.45, 7) is 1.51. The molecule has 2 fully saturated rings. The molecule has 2 aromatic rings. The number of rotatable bonds is 4. The Morgan fingerprint density at radius 2 is 1.85 bits per heavy atom. The Labute approximate surface area is 156 Å². The van der Waals surface area contributed by atoms with Crippen molar-refractivity contribution in [3.05, 3.63) is 39.9 Å². The SMILES string of the molecule is CN(C)C1CCN(c2cc3c(cc2F)c(=O)c(C(=O)O)cn3C2CC2)CC1. The summed E-state index contributed by atoms with van der Waals surface area (Å²) in [4.78, 5) is 28.2. The van der Waals surface area contributed by atoms with E-state index in [1.165, 1.54) is 12.3 Å². The fourth-order valence-corrected chi connectivity index (χ4v) is 4.03. The molecule has 0 bridgehead atoms. The molecule has 0 radical (unpaired) electrons. The van der Waals surface area contributed by atoms with Crippen molar-refractivity contribution < 1.29 is 14.3 Å². The van der Waals surface area contributed by atoms with Gasteiger partial charge in [-0.15, -0.1) is 0 Å². The number of carboxylic acids is 1. The molecule has 0 spiro atoms. The zero-order valence-corrected chi connectivity index (χ0v) is 15.6. The van der Waals surface area contributed by atoms with Gasteiger partial charge in [0.2, 0.25) is 5.43 Å². The van der Waals surface area contributed by atoms with Gasteiger partial charge in [0.1, 0.15) is 11.4 Å². The summed E-state index contributed by atoms with van der Waals surface area (Å²) in [5.41, 5.74) is 0.203. The fraction of sp³-hybridized carbons (Fsp3) is 0.500. The van der Waals surface area contributed by atoms with Crippen LogP contribution in [-0.4, -0.2) is 53.8 Å². The van der Waals surface area contributed by atoms with Crippen molar-refractivity contribution in [1.29, 1.82) is 0 Å². The van der Waals surface area contributed by atoms with E-state index in [1.54, 1.807) is 6.07 Å². The van der Waals surface area contributed by atoms with E-state index in [0.717, 1.165) is 38.8 Å². The number of aromatic carboxylic acids is 1. The lowest BCUT2D eigenvalue weighted by Gasteiger charge is -2.36. The van der Waals surface area contributed by atoms with Crippen molar-refractivity contribution in [1.82, 2.24) is 9.47 Å². The lowest BCUT2D eigenvalue weighted by molar-refractivity contribution is 0.0695. The van der Waals surface area contributed by atoms with Gasteiger partial charge in [-0.25, -0.2) is 9.18 Å². The van der Waals surface area contributed by atoms with Crippen LogP contribution in [0.15, 0.2) is 23.1 Å². The molecule has 1 aromatic heterocycles. The van der Waals surface area contributed by atoms with Gasteiger partial charge in [-0.3, -0.25) is 4.79 Å². The molecular formula is C20H24FN3O3. The Hall–Kier alpha value is -2.41. The molecule has 1 aliphatic carbocycles. The molecule has 0 amide bonds. The summed E-state index contributed by atoms with van der Waals surface area (Å²) < 4.78 is 16.7. The number of anilines is 1. The Balaban J connectivity index is 1.79. The first-order valence-electron chi connectivity index (χ1n) is 9.40. The normalized spacial score (nSPS) is 18.4. The largest absolute Gasteiger partial charge is 0.477 e. The van der Waals surface area contributed by atoms with E-state index in [-0.39, 0.29) is 17.0 Å². The van der Waals surface area contributed by atoms with E-state index in [9.17, 15) is 19.1 Å². The number of fused-ring (bicyclic) bond motifs is 1. The molecule has 144 valence electrons. The zero-order valence-electron chi connectivity index (χ0n) is 15.6. The van der Waals surface area contributed by atoms with E-state index in [2.05, 4.69) is 19.0 Å². The minimum atomic E-state index is -1.27. The van der Waals surface area contributed by atoms with E-state index < -0.39 is 17.2 Å². The lowest BCUT2D eigenvalue weighted by Crippen LogP contribution is -2.42. The van der Waals surface area contributed by atoms with E-state index >= 15 is 0 Å². The highest BCUT2D eigenvalue weighted by molar-refractivity contribution is 5.93. The average Bonchev–Trinajstić information content (AvgIpc) is 3.47. The monoisotopic (exact) mass is 373 g/mol. The summed E-state index contributed by atoms with van der Waals surface area (Å²) in [6, 6.07) is 3.62. The quantitative estimate of drug-likeness (QED) is 0.893. The highest BCUT2D eigenvalue weighted by atomic mass is 19.1. The van der Waals surface area contributed by atoms with Gasteiger partial charge in [0, 0.05) is 36.8 Å². The number of halogens is 1. The van der Waals surface area contributed by atoms with E-state index in [1.807, 2.05) is 9.47 Å². The molecule has 0 unspecified atom stereocenters. The number of carbonyl (C=O) groups is 1. The first-order chi connectivity index (χ1) is 12.9. The third-order valence-electron chi connectivity index (χ3n) is 5.81. The van der Waals surface area contributed by atoms with Crippen molar-refractivity contribution >= 4 is 22.6 Å². The lowest BCUT2D eigenvalue weighted by atomic mass is 10.0. The molecule has 1 N–H and O–H groups in total. The van der Waals surface area contributed by atoms with E-state index in [0.29, 0.717) is 17.2 Å². The summed E-state index contributed by atoms with van der Waals surface area (Å²) in [5, 5.41) is 9.47. The zero-order chi connectivity index (χ0) is 19.3. The number of pyridine rings is 1. The molecule has 27 heavy (non-hydrogen) atoms. The third kappa shape index (κ3) is 3.20. The van der Waals surface area contributed by atoms with Gasteiger partial charge in [0.05, 0.1) is 11.2 Å². The standard InChI is InChI=1S/C20H24FN3O3/c1-22(2)12-5-7-23(8-6-12)18-10-17-14(9-16(18)21)19(25)15(20(26)27)11-24(17)13-3-4-13/h9-13H,3-8H2,1-2H3,(H,26,27). The molecular weight excluding hydrogens is 349 g/mol. The maximum absolute atomic E-state index is 14.9. The number of piperidine rings is 1. The molecule has 0 atom stereocenters. The number of carboxylic acid groups (broad SMARTS) is 1. The molecule has 1 saturated heterocycles. The molecule has 2 heterocycles. The average molecular weight is 373 g/mol. The number of hydrogen-bond donors (Lipinski definition) is 1. The van der Waals surface area contributed by atoms with Crippen molar-refractivity contribution in [2.45, 2.75) is 37.8 Å². The highest BCUT2D eigenvalue weighted by Gasteiger charge is 2.29. The van der Waals surface area contributed by atoms with Crippen LogP contribution in [0.4, 0.5) is 10.1 Å². The number of aromatic nitrogens is 1. The summed E-state index contributed by atoms with van der Waals surface area (Å²) >= 11 is 0. The summed E-state index contributed by atoms with van der Waals surface area (Å²) in [7, 11) is 4.12. The van der Waals surface area contributed by atoms with Gasteiger partial charge in [0.15, 0.2) is 0 Å². The van der Waals surface area contributed by atoms with Crippen LogP contribution >= 0.6 is 0 Å². The van der Waals surface area contributed by atoms with Crippen LogP contribution in [0.3, 0.4) is 0 Å². The topological polar surface area (TPSA) is 65.8 Å². The van der Waals surface area contributed by atoms with Gasteiger partial charge in [-0.05, 0) is 51.9 Å². The molecule has 1 aromatic carbocycles. The van der Waals surface area contributed by atoms with Gasteiger partial charge in [-0.1, -0.05) is 0 Å². The molecule has 1 saturated carbocycles. The molecule has 4 rings (SSSR count). The van der Waals surface area contributed by atoms with Gasteiger partial charge < -0.3 is 19.5 Å². The predicted molar refractivity (Wildman–Crippen MR) is 102 cm³/mol. The van der Waals surface area contributed by atoms with Crippen LogP contribution in [0.25, 0.3) is 10.9 Å². The molecule has 1 aliphatic heterocycles. The first-order valence-corrected chi connectivity index (χ1v) is 9.40. The van der Waals surface area contributed by atoms with Crippen molar-refractivity contribution in [2.24, 2.45) is 0 Å². The first kappa shape index (κ1) is 18.0. The van der Waals surface area contributed by atoms with Crippen LogP contribution in [-0.2, 0) is 0 Å². The number of hydrogen-bond acceptors (Lipinski definition) is 4. The van der Waals surface area contributed by atoms with Gasteiger partial charge in [-0.2, -0.15) is 0 Å². The second-order valence-electron chi connectivity index (χ2n) is 7.82.